The molecule has 2 rings (SSSR count). The lowest BCUT2D eigenvalue weighted by Crippen LogP contribution is -2.08. The number of hydrogen-bond acceptors (Lipinski definition) is 4. The summed E-state index contributed by atoms with van der Waals surface area (Å²) in [5.74, 6) is -0.431. The molecule has 0 atom stereocenters. The number of nitrogen functional groups attached to an aromatic ring is 1. The van der Waals surface area contributed by atoms with Gasteiger partial charge < -0.3 is 10.7 Å². The third-order valence-corrected chi connectivity index (χ3v) is 2.95. The molecular formula is C11H10FN3OS. The number of rotatable bonds is 2. The maximum absolute atomic E-state index is 13.5. The van der Waals surface area contributed by atoms with Crippen LogP contribution in [0.4, 0.5) is 10.1 Å². The van der Waals surface area contributed by atoms with Gasteiger partial charge >= 0.3 is 0 Å². The van der Waals surface area contributed by atoms with Crippen molar-refractivity contribution in [1.82, 2.24) is 9.97 Å². The Balaban J connectivity index is 2.34. The zero-order valence-electron chi connectivity index (χ0n) is 9.03. The van der Waals surface area contributed by atoms with Crippen molar-refractivity contribution in [2.75, 3.05) is 5.73 Å². The molecule has 0 radical (unpaired) electrons. The number of anilines is 1. The number of aromatic nitrogens is 2. The molecule has 4 nitrogen and oxygen atoms in total. The lowest BCUT2D eigenvalue weighted by Gasteiger charge is -2.03. The van der Waals surface area contributed by atoms with Gasteiger partial charge in [-0.3, -0.25) is 4.79 Å². The molecule has 0 amide bonds. The van der Waals surface area contributed by atoms with E-state index in [1.807, 2.05) is 0 Å². The van der Waals surface area contributed by atoms with Crippen LogP contribution in [0.3, 0.4) is 0 Å². The SMILES string of the molecule is Cc1cc(=O)[nH]c(Sc2ccc(N)cc2F)n1. The van der Waals surface area contributed by atoms with Gasteiger partial charge in [-0.1, -0.05) is 0 Å². The van der Waals surface area contributed by atoms with Gasteiger partial charge in [-0.15, -0.1) is 0 Å². The van der Waals surface area contributed by atoms with Crippen LogP contribution in [-0.2, 0) is 0 Å². The highest BCUT2D eigenvalue weighted by Gasteiger charge is 2.07. The number of benzene rings is 1. The molecule has 0 saturated heterocycles. The summed E-state index contributed by atoms with van der Waals surface area (Å²) >= 11 is 1.05. The fourth-order valence-corrected chi connectivity index (χ4v) is 2.15. The Kier molecular flexibility index (Phi) is 3.14. The first-order valence-corrected chi connectivity index (χ1v) is 5.67. The van der Waals surface area contributed by atoms with Crippen molar-refractivity contribution in [1.29, 1.82) is 0 Å². The molecule has 17 heavy (non-hydrogen) atoms. The van der Waals surface area contributed by atoms with Crippen LogP contribution in [0.2, 0.25) is 0 Å². The number of nitrogens with one attached hydrogen (secondary N) is 1. The van der Waals surface area contributed by atoms with Gasteiger partial charge in [-0.25, -0.2) is 9.37 Å². The minimum Gasteiger partial charge on any atom is -0.399 e. The van der Waals surface area contributed by atoms with Crippen LogP contribution in [0.5, 0.6) is 0 Å². The van der Waals surface area contributed by atoms with Crippen molar-refractivity contribution in [3.8, 4) is 0 Å². The summed E-state index contributed by atoms with van der Waals surface area (Å²) in [6.07, 6.45) is 0. The number of aromatic amines is 1. The maximum atomic E-state index is 13.5. The highest BCUT2D eigenvalue weighted by molar-refractivity contribution is 7.99. The minimum absolute atomic E-state index is 0.254. The zero-order valence-corrected chi connectivity index (χ0v) is 9.84. The van der Waals surface area contributed by atoms with Gasteiger partial charge in [-0.2, -0.15) is 0 Å². The standard InChI is InChI=1S/C11H10FN3OS/c1-6-4-10(16)15-11(14-6)17-9-3-2-7(13)5-8(9)12/h2-5H,13H2,1H3,(H,14,15,16). The summed E-state index contributed by atoms with van der Waals surface area (Å²) in [6.45, 7) is 1.71. The molecule has 0 aliphatic heterocycles. The lowest BCUT2D eigenvalue weighted by molar-refractivity contribution is 0.602. The van der Waals surface area contributed by atoms with Gasteiger partial charge in [-0.05, 0) is 36.9 Å². The molecule has 0 spiro atoms. The van der Waals surface area contributed by atoms with Crippen LogP contribution in [-0.4, -0.2) is 9.97 Å². The molecular weight excluding hydrogens is 241 g/mol. The Morgan fingerprint density at radius 1 is 1.41 bits per heavy atom. The highest BCUT2D eigenvalue weighted by Crippen LogP contribution is 2.27. The molecule has 0 saturated carbocycles. The summed E-state index contributed by atoms with van der Waals surface area (Å²) in [5, 5.41) is 0.360. The van der Waals surface area contributed by atoms with E-state index in [0.29, 0.717) is 21.4 Å². The van der Waals surface area contributed by atoms with Crippen LogP contribution in [0.15, 0.2) is 39.1 Å². The van der Waals surface area contributed by atoms with Crippen LogP contribution < -0.4 is 11.3 Å². The van der Waals surface area contributed by atoms with Crippen LogP contribution >= 0.6 is 11.8 Å². The fourth-order valence-electron chi connectivity index (χ4n) is 1.30. The molecule has 0 fully saturated rings. The lowest BCUT2D eigenvalue weighted by atomic mass is 10.3. The summed E-state index contributed by atoms with van der Waals surface area (Å²) in [5.41, 5.74) is 6.14. The van der Waals surface area contributed by atoms with Gasteiger partial charge in [0.05, 0.1) is 4.90 Å². The smallest absolute Gasteiger partial charge is 0.251 e. The number of H-pyrrole nitrogens is 1. The van der Waals surface area contributed by atoms with Crippen molar-refractivity contribution < 1.29 is 4.39 Å². The van der Waals surface area contributed by atoms with E-state index in [0.717, 1.165) is 11.8 Å². The van der Waals surface area contributed by atoms with Crippen molar-refractivity contribution >= 4 is 17.4 Å². The number of aryl methyl sites for hydroxylation is 1. The van der Waals surface area contributed by atoms with E-state index in [-0.39, 0.29) is 5.56 Å². The van der Waals surface area contributed by atoms with Gasteiger partial charge in [0.1, 0.15) is 5.82 Å². The Labute approximate surface area is 101 Å². The quantitative estimate of drug-likeness (QED) is 0.632. The molecule has 88 valence electrons. The first kappa shape index (κ1) is 11.7. The van der Waals surface area contributed by atoms with Crippen LogP contribution in [0.1, 0.15) is 5.69 Å². The molecule has 2 aromatic rings. The second-order valence-corrected chi connectivity index (χ2v) is 4.51. The molecule has 1 heterocycles. The normalized spacial score (nSPS) is 10.5. The van der Waals surface area contributed by atoms with Crippen molar-refractivity contribution in [3.05, 3.63) is 46.1 Å². The van der Waals surface area contributed by atoms with E-state index in [1.165, 1.54) is 12.1 Å². The van der Waals surface area contributed by atoms with E-state index >= 15 is 0 Å². The van der Waals surface area contributed by atoms with Gasteiger partial charge in [0, 0.05) is 17.4 Å². The highest BCUT2D eigenvalue weighted by atomic mass is 32.2. The van der Waals surface area contributed by atoms with Gasteiger partial charge in [0.15, 0.2) is 5.16 Å². The first-order chi connectivity index (χ1) is 8.04. The van der Waals surface area contributed by atoms with Gasteiger partial charge in [0.25, 0.3) is 5.56 Å². The predicted octanol–water partition coefficient (Wildman–Crippen LogP) is 1.95. The zero-order chi connectivity index (χ0) is 12.4. The van der Waals surface area contributed by atoms with Crippen molar-refractivity contribution in [2.45, 2.75) is 17.0 Å². The average molecular weight is 251 g/mol. The Bertz CT molecular complexity index is 612. The predicted molar refractivity (Wildman–Crippen MR) is 64.5 cm³/mol. The third-order valence-electron chi connectivity index (χ3n) is 2.01. The number of halogens is 1. The molecule has 0 unspecified atom stereocenters. The van der Waals surface area contributed by atoms with Crippen LogP contribution in [0.25, 0.3) is 0 Å². The Morgan fingerprint density at radius 2 is 2.18 bits per heavy atom. The fraction of sp³-hybridized carbons (Fsp3) is 0.0909. The average Bonchev–Trinajstić information content (AvgIpc) is 2.21. The molecule has 6 heteroatoms. The van der Waals surface area contributed by atoms with E-state index in [2.05, 4.69) is 9.97 Å². The second kappa shape index (κ2) is 4.58. The largest absolute Gasteiger partial charge is 0.399 e. The number of hydrogen-bond donors (Lipinski definition) is 2. The van der Waals surface area contributed by atoms with Crippen molar-refractivity contribution in [3.63, 3.8) is 0 Å². The monoisotopic (exact) mass is 251 g/mol. The Morgan fingerprint density at radius 3 is 2.82 bits per heavy atom. The summed E-state index contributed by atoms with van der Waals surface area (Å²) in [6, 6.07) is 5.76. The van der Waals surface area contributed by atoms with Crippen LogP contribution in [0, 0.1) is 12.7 Å². The third kappa shape index (κ3) is 2.85. The molecule has 3 N–H and O–H groups in total. The van der Waals surface area contributed by atoms with E-state index in [1.54, 1.807) is 19.1 Å². The second-order valence-electron chi connectivity index (χ2n) is 3.48. The number of nitrogens with two attached hydrogens (primary N) is 1. The topological polar surface area (TPSA) is 71.8 Å². The number of nitrogens with zero attached hydrogens (tertiary/aromatic N) is 1. The molecule has 1 aromatic heterocycles. The van der Waals surface area contributed by atoms with Gasteiger partial charge in [0.2, 0.25) is 0 Å². The summed E-state index contributed by atoms with van der Waals surface area (Å²) < 4.78 is 13.5. The molecule has 0 aliphatic carbocycles. The summed E-state index contributed by atoms with van der Waals surface area (Å²) in [7, 11) is 0. The van der Waals surface area contributed by atoms with E-state index in [9.17, 15) is 9.18 Å². The van der Waals surface area contributed by atoms with E-state index in [4.69, 9.17) is 5.73 Å². The molecule has 0 aliphatic rings. The van der Waals surface area contributed by atoms with Crippen molar-refractivity contribution in [2.24, 2.45) is 0 Å². The Hall–Kier alpha value is -1.82. The summed E-state index contributed by atoms with van der Waals surface area (Å²) in [4.78, 5) is 18.2. The minimum atomic E-state index is -0.431. The maximum Gasteiger partial charge on any atom is 0.251 e. The molecule has 0 bridgehead atoms. The first-order valence-electron chi connectivity index (χ1n) is 4.85. The van der Waals surface area contributed by atoms with E-state index < -0.39 is 5.82 Å². The molecule has 1 aromatic carbocycles.